The van der Waals surface area contributed by atoms with Crippen LogP contribution in [-0.2, 0) is 4.74 Å². The first-order chi connectivity index (χ1) is 12.0. The Hall–Kier alpha value is -2.01. The number of halogens is 3. The summed E-state index contributed by atoms with van der Waals surface area (Å²) in [6.45, 7) is 2.00. The molecule has 0 atom stereocenters. The number of rotatable bonds is 4. The fourth-order valence-corrected chi connectivity index (χ4v) is 3.07. The molecular weight excluding hydrogens is 383 g/mol. The topological polar surface area (TPSA) is 44.1 Å². The molecule has 2 aromatic carbocycles. The predicted molar refractivity (Wildman–Crippen MR) is 100.0 cm³/mol. The summed E-state index contributed by atoms with van der Waals surface area (Å²) in [5.74, 6) is -0.505. The summed E-state index contributed by atoms with van der Waals surface area (Å²) in [6.07, 6.45) is 0. The van der Waals surface area contributed by atoms with E-state index in [1.54, 1.807) is 54.1 Å². The number of benzene rings is 2. The SMILES string of the molecule is CCOC(=O)c1cc(-c2ccc(Cl)cc2Cl)n(-c2cccc(Cl)c2)n1. The molecule has 0 amide bonds. The van der Waals surface area contributed by atoms with Gasteiger partial charge in [0.2, 0.25) is 0 Å². The van der Waals surface area contributed by atoms with Gasteiger partial charge in [0.05, 0.1) is 23.0 Å². The minimum absolute atomic E-state index is 0.183. The van der Waals surface area contributed by atoms with Gasteiger partial charge < -0.3 is 4.74 Å². The Morgan fingerprint density at radius 3 is 2.52 bits per heavy atom. The minimum atomic E-state index is -0.505. The van der Waals surface area contributed by atoms with Crippen molar-refractivity contribution in [2.45, 2.75) is 6.92 Å². The summed E-state index contributed by atoms with van der Waals surface area (Å²) < 4.78 is 6.65. The molecule has 3 aromatic rings. The molecule has 7 heteroatoms. The van der Waals surface area contributed by atoms with Crippen LogP contribution in [0.1, 0.15) is 17.4 Å². The molecule has 1 aromatic heterocycles. The number of hydrogen-bond donors (Lipinski definition) is 0. The van der Waals surface area contributed by atoms with Gasteiger partial charge in [-0.15, -0.1) is 0 Å². The van der Waals surface area contributed by atoms with Crippen LogP contribution < -0.4 is 0 Å². The van der Waals surface area contributed by atoms with Crippen molar-refractivity contribution in [1.29, 1.82) is 0 Å². The quantitative estimate of drug-likeness (QED) is 0.534. The molecule has 0 fully saturated rings. The molecule has 0 unspecified atom stereocenters. The highest BCUT2D eigenvalue weighted by atomic mass is 35.5. The molecule has 0 aliphatic heterocycles. The number of esters is 1. The zero-order valence-corrected chi connectivity index (χ0v) is 15.4. The van der Waals surface area contributed by atoms with Crippen molar-refractivity contribution in [3.63, 3.8) is 0 Å². The van der Waals surface area contributed by atoms with Crippen LogP contribution in [0.25, 0.3) is 16.9 Å². The Bertz CT molecular complexity index is 938. The first-order valence-electron chi connectivity index (χ1n) is 7.48. The Morgan fingerprint density at radius 1 is 1.08 bits per heavy atom. The molecule has 4 nitrogen and oxygen atoms in total. The predicted octanol–water partition coefficient (Wildman–Crippen LogP) is 5.68. The van der Waals surface area contributed by atoms with E-state index in [2.05, 4.69) is 5.10 Å². The number of carbonyl (C=O) groups excluding carboxylic acids is 1. The molecular formula is C18H13Cl3N2O2. The lowest BCUT2D eigenvalue weighted by Gasteiger charge is -2.09. The van der Waals surface area contributed by atoms with E-state index in [1.807, 2.05) is 6.07 Å². The highest BCUT2D eigenvalue weighted by molar-refractivity contribution is 6.36. The summed E-state index contributed by atoms with van der Waals surface area (Å²) in [7, 11) is 0. The highest BCUT2D eigenvalue weighted by Gasteiger charge is 2.19. The second-order valence-electron chi connectivity index (χ2n) is 5.15. The van der Waals surface area contributed by atoms with E-state index >= 15 is 0 Å². The van der Waals surface area contributed by atoms with E-state index in [4.69, 9.17) is 39.5 Å². The van der Waals surface area contributed by atoms with Gasteiger partial charge in [0.15, 0.2) is 5.69 Å². The number of nitrogens with zero attached hydrogens (tertiary/aromatic N) is 2. The second kappa shape index (κ2) is 7.48. The third-order valence-corrected chi connectivity index (χ3v) is 4.24. The van der Waals surface area contributed by atoms with Crippen LogP contribution in [0, 0.1) is 0 Å². The number of hydrogen-bond acceptors (Lipinski definition) is 3. The first-order valence-corrected chi connectivity index (χ1v) is 8.61. The van der Waals surface area contributed by atoms with E-state index in [0.717, 1.165) is 0 Å². The molecule has 0 aliphatic carbocycles. The Morgan fingerprint density at radius 2 is 1.84 bits per heavy atom. The van der Waals surface area contributed by atoms with Gasteiger partial charge in [0.25, 0.3) is 0 Å². The molecule has 0 radical (unpaired) electrons. The highest BCUT2D eigenvalue weighted by Crippen LogP contribution is 2.32. The monoisotopic (exact) mass is 394 g/mol. The Labute approximate surface area is 159 Å². The fourth-order valence-electron chi connectivity index (χ4n) is 2.38. The molecule has 0 N–H and O–H groups in total. The van der Waals surface area contributed by atoms with E-state index in [-0.39, 0.29) is 12.3 Å². The summed E-state index contributed by atoms with van der Waals surface area (Å²) in [4.78, 5) is 12.1. The van der Waals surface area contributed by atoms with Crippen LogP contribution in [0.3, 0.4) is 0 Å². The third kappa shape index (κ3) is 3.82. The van der Waals surface area contributed by atoms with Crippen LogP contribution >= 0.6 is 34.8 Å². The third-order valence-electron chi connectivity index (χ3n) is 3.45. The lowest BCUT2D eigenvalue weighted by Crippen LogP contribution is -2.06. The second-order valence-corrected chi connectivity index (χ2v) is 6.43. The molecule has 25 heavy (non-hydrogen) atoms. The lowest BCUT2D eigenvalue weighted by atomic mass is 10.1. The van der Waals surface area contributed by atoms with Crippen molar-refractivity contribution >= 4 is 40.8 Å². The van der Waals surface area contributed by atoms with E-state index in [1.165, 1.54) is 0 Å². The van der Waals surface area contributed by atoms with Gasteiger partial charge in [-0.05, 0) is 49.4 Å². The zero-order chi connectivity index (χ0) is 18.0. The molecule has 0 saturated carbocycles. The van der Waals surface area contributed by atoms with Crippen molar-refractivity contribution < 1.29 is 9.53 Å². The van der Waals surface area contributed by atoms with Gasteiger partial charge in [-0.3, -0.25) is 0 Å². The van der Waals surface area contributed by atoms with Gasteiger partial charge >= 0.3 is 5.97 Å². The van der Waals surface area contributed by atoms with Crippen LogP contribution in [0.15, 0.2) is 48.5 Å². The number of ether oxygens (including phenoxy) is 1. The first kappa shape index (κ1) is 17.8. The van der Waals surface area contributed by atoms with Gasteiger partial charge in [-0.25, -0.2) is 9.48 Å². The summed E-state index contributed by atoms with van der Waals surface area (Å²) >= 11 is 18.4. The maximum atomic E-state index is 12.1. The van der Waals surface area contributed by atoms with Crippen molar-refractivity contribution in [2.24, 2.45) is 0 Å². The van der Waals surface area contributed by atoms with E-state index in [9.17, 15) is 4.79 Å². The Kier molecular flexibility index (Phi) is 5.33. The van der Waals surface area contributed by atoms with Crippen molar-refractivity contribution in [1.82, 2.24) is 9.78 Å². The lowest BCUT2D eigenvalue weighted by molar-refractivity contribution is 0.0519. The van der Waals surface area contributed by atoms with Gasteiger partial charge in [0, 0.05) is 15.6 Å². The van der Waals surface area contributed by atoms with Crippen LogP contribution in [0.4, 0.5) is 0 Å². The maximum absolute atomic E-state index is 12.1. The average Bonchev–Trinajstić information content (AvgIpc) is 3.00. The van der Waals surface area contributed by atoms with Gasteiger partial charge in [0.1, 0.15) is 0 Å². The van der Waals surface area contributed by atoms with Crippen molar-refractivity contribution in [3.05, 3.63) is 69.3 Å². The molecule has 0 bridgehead atoms. The average molecular weight is 396 g/mol. The molecule has 0 spiro atoms. The Balaban J connectivity index is 2.19. The molecule has 128 valence electrons. The maximum Gasteiger partial charge on any atom is 0.358 e. The minimum Gasteiger partial charge on any atom is -0.461 e. The van der Waals surface area contributed by atoms with Gasteiger partial charge in [-0.2, -0.15) is 5.10 Å². The number of aromatic nitrogens is 2. The summed E-state index contributed by atoms with van der Waals surface area (Å²) in [6, 6.07) is 13.9. The molecule has 1 heterocycles. The van der Waals surface area contributed by atoms with Crippen molar-refractivity contribution in [3.8, 4) is 16.9 Å². The number of carbonyl (C=O) groups is 1. The smallest absolute Gasteiger partial charge is 0.358 e. The van der Waals surface area contributed by atoms with E-state index in [0.29, 0.717) is 32.0 Å². The fraction of sp³-hybridized carbons (Fsp3) is 0.111. The zero-order valence-electron chi connectivity index (χ0n) is 13.2. The van der Waals surface area contributed by atoms with Gasteiger partial charge in [-0.1, -0.05) is 40.9 Å². The van der Waals surface area contributed by atoms with Crippen LogP contribution in [0.5, 0.6) is 0 Å². The standard InChI is InChI=1S/C18H13Cl3N2O2/c1-2-25-18(24)16-10-17(14-7-6-12(20)9-15(14)21)23(22-16)13-5-3-4-11(19)8-13/h3-10H,2H2,1H3. The molecule has 0 aliphatic rings. The normalized spacial score (nSPS) is 10.7. The van der Waals surface area contributed by atoms with Crippen molar-refractivity contribution in [2.75, 3.05) is 6.61 Å². The largest absolute Gasteiger partial charge is 0.461 e. The summed E-state index contributed by atoms with van der Waals surface area (Å²) in [5.41, 5.74) is 2.20. The molecule has 3 rings (SSSR count). The van der Waals surface area contributed by atoms with Crippen LogP contribution in [-0.4, -0.2) is 22.4 Å². The summed E-state index contributed by atoms with van der Waals surface area (Å²) in [5, 5.41) is 5.90. The molecule has 0 saturated heterocycles. The van der Waals surface area contributed by atoms with Crippen LogP contribution in [0.2, 0.25) is 15.1 Å². The van der Waals surface area contributed by atoms with E-state index < -0.39 is 5.97 Å².